The first kappa shape index (κ1) is 30.8. The summed E-state index contributed by atoms with van der Waals surface area (Å²) in [6.07, 6.45) is 14.5. The van der Waals surface area contributed by atoms with Crippen LogP contribution in [0.15, 0.2) is 89.3 Å². The van der Waals surface area contributed by atoms with Crippen LogP contribution in [-0.2, 0) is 0 Å². The van der Waals surface area contributed by atoms with Crippen LogP contribution >= 0.6 is 11.6 Å². The standard InChI is InChI=1S/C34H34ClF2N3O2/c1-20(2)28(38)11-8-9-21(3)17-30(41)25-14-13-22(18-27(25)35)40-29-12-7-5-6-10-24-26(19-39-34(24)29)23-15-16-31(42-4)33(37)32(23)36/h5-6,8,10-16,18-21,38,40H,7,9,17H2,1-4H3/b6-5-,11-8+,24-10-,29-12-,38-28?/t21-/m1/s1. The number of ether oxygens (including phenoxy) is 1. The van der Waals surface area contributed by atoms with E-state index in [0.717, 1.165) is 0 Å². The predicted molar refractivity (Wildman–Crippen MR) is 168 cm³/mol. The van der Waals surface area contributed by atoms with Gasteiger partial charge in [-0.25, -0.2) is 4.39 Å². The fourth-order valence-corrected chi connectivity index (χ4v) is 4.92. The molecule has 1 atom stereocenters. The van der Waals surface area contributed by atoms with Crippen LogP contribution in [0.3, 0.4) is 0 Å². The number of aliphatic imine (C=N–C) groups is 1. The van der Waals surface area contributed by atoms with E-state index in [0.29, 0.717) is 63.8 Å². The van der Waals surface area contributed by atoms with Gasteiger partial charge in [0.05, 0.1) is 23.5 Å². The number of carbonyl (C=O) groups is 1. The molecular formula is C34H34ClF2N3O2. The highest BCUT2D eigenvalue weighted by Gasteiger charge is 2.27. The SMILES string of the molecule is COc1ccc(C2=CN=C3/C(Nc4ccc(C(=O)C[C@H](C)C/C=C/C(=N)C(C)C)c(Cl)c4)=C/C/C=C\C=C\23)c(F)c1F. The van der Waals surface area contributed by atoms with Gasteiger partial charge in [0.1, 0.15) is 0 Å². The number of hydrogen-bond donors (Lipinski definition) is 2. The average Bonchev–Trinajstić information content (AvgIpc) is 3.34. The van der Waals surface area contributed by atoms with Gasteiger partial charge in [-0.1, -0.05) is 62.8 Å². The molecule has 1 heterocycles. The molecule has 2 aromatic rings. The molecular weight excluding hydrogens is 556 g/mol. The molecule has 0 unspecified atom stereocenters. The molecule has 0 aromatic heterocycles. The van der Waals surface area contributed by atoms with E-state index in [2.05, 4.69) is 10.3 Å². The minimum atomic E-state index is -1.05. The summed E-state index contributed by atoms with van der Waals surface area (Å²) in [4.78, 5) is 17.5. The second kappa shape index (κ2) is 13.7. The van der Waals surface area contributed by atoms with Crippen molar-refractivity contribution in [2.75, 3.05) is 12.4 Å². The molecule has 2 aromatic carbocycles. The lowest BCUT2D eigenvalue weighted by Gasteiger charge is -2.17. The van der Waals surface area contributed by atoms with Gasteiger partial charge in [-0.05, 0) is 61.1 Å². The summed E-state index contributed by atoms with van der Waals surface area (Å²) < 4.78 is 34.3. The minimum Gasteiger partial charge on any atom is -0.494 e. The van der Waals surface area contributed by atoms with Gasteiger partial charge >= 0.3 is 0 Å². The number of halogens is 3. The van der Waals surface area contributed by atoms with Crippen molar-refractivity contribution in [2.45, 2.75) is 40.0 Å². The van der Waals surface area contributed by atoms with Crippen LogP contribution in [-0.4, -0.2) is 24.3 Å². The van der Waals surface area contributed by atoms with Gasteiger partial charge in [-0.3, -0.25) is 9.79 Å². The fourth-order valence-electron chi connectivity index (χ4n) is 4.63. The lowest BCUT2D eigenvalue weighted by atomic mass is 9.93. The average molecular weight is 590 g/mol. The van der Waals surface area contributed by atoms with E-state index < -0.39 is 11.6 Å². The van der Waals surface area contributed by atoms with Crippen LogP contribution in [0.2, 0.25) is 5.02 Å². The summed E-state index contributed by atoms with van der Waals surface area (Å²) in [5, 5.41) is 11.6. The van der Waals surface area contributed by atoms with Crippen molar-refractivity contribution in [3.63, 3.8) is 0 Å². The van der Waals surface area contributed by atoms with Crippen molar-refractivity contribution in [1.29, 1.82) is 5.41 Å². The van der Waals surface area contributed by atoms with Crippen molar-refractivity contribution < 1.29 is 18.3 Å². The molecule has 1 aliphatic heterocycles. The van der Waals surface area contributed by atoms with Gasteiger partial charge in [0.2, 0.25) is 5.82 Å². The van der Waals surface area contributed by atoms with Crippen LogP contribution in [0, 0.1) is 28.9 Å². The number of nitrogens with zero attached hydrogens (tertiary/aromatic N) is 1. The highest BCUT2D eigenvalue weighted by Crippen LogP contribution is 2.37. The maximum atomic E-state index is 15.0. The van der Waals surface area contributed by atoms with Gasteiger partial charge in [-0.2, -0.15) is 4.39 Å². The largest absolute Gasteiger partial charge is 0.494 e. The molecule has 5 nitrogen and oxygen atoms in total. The number of allylic oxidation sites excluding steroid dienone is 8. The van der Waals surface area contributed by atoms with Crippen LogP contribution < -0.4 is 10.1 Å². The number of rotatable bonds is 11. The molecule has 0 amide bonds. The number of nitrogens with one attached hydrogen (secondary N) is 2. The molecule has 42 heavy (non-hydrogen) atoms. The Hall–Kier alpha value is -4.10. The van der Waals surface area contributed by atoms with E-state index in [-0.39, 0.29) is 28.9 Å². The molecule has 0 bridgehead atoms. The van der Waals surface area contributed by atoms with Gasteiger partial charge in [-0.15, -0.1) is 0 Å². The Labute approximate surface area is 250 Å². The molecule has 0 spiro atoms. The Kier molecular flexibility index (Phi) is 10.1. The van der Waals surface area contributed by atoms with Crippen molar-refractivity contribution >= 4 is 40.1 Å². The summed E-state index contributed by atoms with van der Waals surface area (Å²) in [6, 6.07) is 8.06. The Bertz CT molecular complexity index is 1580. The lowest BCUT2D eigenvalue weighted by molar-refractivity contribution is 0.0965. The molecule has 0 saturated heterocycles. The summed E-state index contributed by atoms with van der Waals surface area (Å²) in [5.41, 5.74) is 4.10. The quantitative estimate of drug-likeness (QED) is 0.203. The zero-order valence-corrected chi connectivity index (χ0v) is 24.9. The molecule has 2 N–H and O–H groups in total. The van der Waals surface area contributed by atoms with Crippen LogP contribution in [0.1, 0.15) is 56.0 Å². The topological polar surface area (TPSA) is 74.5 Å². The van der Waals surface area contributed by atoms with Crippen LogP contribution in [0.25, 0.3) is 5.57 Å². The summed E-state index contributed by atoms with van der Waals surface area (Å²) >= 11 is 6.56. The van der Waals surface area contributed by atoms with Gasteiger partial charge in [0.25, 0.3) is 0 Å². The van der Waals surface area contributed by atoms with Crippen LogP contribution in [0.4, 0.5) is 14.5 Å². The maximum Gasteiger partial charge on any atom is 0.201 e. The highest BCUT2D eigenvalue weighted by atomic mass is 35.5. The molecule has 0 saturated carbocycles. The first-order chi connectivity index (χ1) is 20.1. The van der Waals surface area contributed by atoms with E-state index in [1.807, 2.05) is 51.2 Å². The molecule has 4 rings (SSSR count). The number of anilines is 1. The van der Waals surface area contributed by atoms with Crippen molar-refractivity contribution in [2.24, 2.45) is 16.8 Å². The van der Waals surface area contributed by atoms with E-state index in [1.165, 1.54) is 25.4 Å². The summed E-state index contributed by atoms with van der Waals surface area (Å²) in [5.74, 6) is -2.00. The van der Waals surface area contributed by atoms with Gasteiger partial charge in [0, 0.05) is 46.3 Å². The Morgan fingerprint density at radius 3 is 2.67 bits per heavy atom. The minimum absolute atomic E-state index is 0.0466. The molecule has 0 radical (unpaired) electrons. The molecule has 1 aliphatic carbocycles. The number of Topliss-reactive ketones (excluding diaryl/α,β-unsaturated/α-hetero) is 1. The van der Waals surface area contributed by atoms with Crippen molar-refractivity contribution in [1.82, 2.24) is 0 Å². The summed E-state index contributed by atoms with van der Waals surface area (Å²) in [6.45, 7) is 5.95. The van der Waals surface area contributed by atoms with Crippen molar-refractivity contribution in [3.8, 4) is 5.75 Å². The Morgan fingerprint density at radius 1 is 1.17 bits per heavy atom. The van der Waals surface area contributed by atoms with Crippen LogP contribution in [0.5, 0.6) is 5.75 Å². The lowest BCUT2D eigenvalue weighted by Crippen LogP contribution is -2.14. The number of ketones is 1. The molecule has 2 aliphatic rings. The normalized spacial score (nSPS) is 18.6. The van der Waals surface area contributed by atoms with E-state index in [4.69, 9.17) is 21.7 Å². The van der Waals surface area contributed by atoms with E-state index >= 15 is 0 Å². The number of methoxy groups -OCH3 is 1. The monoisotopic (exact) mass is 589 g/mol. The zero-order chi connectivity index (χ0) is 30.4. The maximum absolute atomic E-state index is 15.0. The van der Waals surface area contributed by atoms with Crippen molar-refractivity contribution in [3.05, 3.63) is 112 Å². The fraction of sp³-hybridized carbons (Fsp3) is 0.265. The smallest absolute Gasteiger partial charge is 0.201 e. The molecule has 8 heteroatoms. The second-order valence-corrected chi connectivity index (χ2v) is 11.0. The van der Waals surface area contributed by atoms with E-state index in [9.17, 15) is 13.6 Å². The number of benzene rings is 2. The van der Waals surface area contributed by atoms with Gasteiger partial charge < -0.3 is 15.5 Å². The Morgan fingerprint density at radius 2 is 1.95 bits per heavy atom. The second-order valence-electron chi connectivity index (χ2n) is 10.6. The zero-order valence-electron chi connectivity index (χ0n) is 24.1. The Balaban J connectivity index is 1.47. The first-order valence-corrected chi connectivity index (χ1v) is 14.2. The third kappa shape index (κ3) is 7.02. The molecule has 0 fully saturated rings. The third-order valence-electron chi connectivity index (χ3n) is 7.08. The van der Waals surface area contributed by atoms with Gasteiger partial charge in [0.15, 0.2) is 17.3 Å². The first-order valence-electron chi connectivity index (χ1n) is 13.8. The third-order valence-corrected chi connectivity index (χ3v) is 7.39. The highest BCUT2D eigenvalue weighted by molar-refractivity contribution is 6.34. The number of carbonyl (C=O) groups excluding carboxylic acids is 1. The molecule has 218 valence electrons. The van der Waals surface area contributed by atoms with E-state index in [1.54, 1.807) is 24.3 Å². The number of hydrogen-bond acceptors (Lipinski definition) is 5. The summed E-state index contributed by atoms with van der Waals surface area (Å²) in [7, 11) is 1.29. The number of fused-ring (bicyclic) bond motifs is 1. The predicted octanol–water partition coefficient (Wildman–Crippen LogP) is 9.14.